The Labute approximate surface area is 91.1 Å². The second-order valence-corrected chi connectivity index (χ2v) is 4.46. The molecule has 1 aliphatic heterocycles. The van der Waals surface area contributed by atoms with E-state index in [-0.39, 0.29) is 0 Å². The van der Waals surface area contributed by atoms with Crippen molar-refractivity contribution in [2.45, 2.75) is 31.8 Å². The molecule has 4 nitrogen and oxygen atoms in total. The van der Waals surface area contributed by atoms with Crippen LogP contribution in [0.3, 0.4) is 0 Å². The van der Waals surface area contributed by atoms with E-state index in [4.69, 9.17) is 0 Å². The van der Waals surface area contributed by atoms with Crippen LogP contribution in [0, 0.1) is 0 Å². The molecule has 84 valence electrons. The maximum Gasteiger partial charge on any atom is 0.122 e. The number of piperidine rings is 1. The third-order valence-electron chi connectivity index (χ3n) is 3.04. The van der Waals surface area contributed by atoms with Crippen LogP contribution in [0.4, 0.5) is 0 Å². The number of likely N-dealkylation sites (N-methyl/N-ethyl adjacent to an activating group) is 1. The number of rotatable bonds is 3. The summed E-state index contributed by atoms with van der Waals surface area (Å²) in [6.07, 6.45) is 6.25. The van der Waals surface area contributed by atoms with Crippen LogP contribution in [0.15, 0.2) is 12.4 Å². The van der Waals surface area contributed by atoms with Crippen molar-refractivity contribution in [2.75, 3.05) is 20.1 Å². The van der Waals surface area contributed by atoms with Crippen molar-refractivity contribution in [3.63, 3.8) is 0 Å². The molecule has 0 amide bonds. The molecule has 0 aliphatic carbocycles. The van der Waals surface area contributed by atoms with Crippen molar-refractivity contribution < 1.29 is 0 Å². The molecule has 1 fully saturated rings. The fourth-order valence-electron chi connectivity index (χ4n) is 2.25. The maximum absolute atomic E-state index is 4.27. The summed E-state index contributed by atoms with van der Waals surface area (Å²) in [7, 11) is 2.19. The molecular formula is C11H20N4. The minimum absolute atomic E-state index is 0.316. The van der Waals surface area contributed by atoms with E-state index < -0.39 is 0 Å². The van der Waals surface area contributed by atoms with Gasteiger partial charge in [0.15, 0.2) is 0 Å². The first-order chi connectivity index (χ1) is 7.25. The van der Waals surface area contributed by atoms with Crippen LogP contribution in [0.25, 0.3) is 0 Å². The number of imidazole rings is 1. The van der Waals surface area contributed by atoms with E-state index in [0.717, 1.165) is 12.4 Å². The Bertz CT molecular complexity index is 283. The highest BCUT2D eigenvalue weighted by Gasteiger charge is 2.19. The lowest BCUT2D eigenvalue weighted by atomic mass is 10.1. The highest BCUT2D eigenvalue weighted by molar-refractivity contribution is 4.95. The van der Waals surface area contributed by atoms with Crippen molar-refractivity contribution in [1.29, 1.82) is 0 Å². The Morgan fingerprint density at radius 2 is 2.53 bits per heavy atom. The third kappa shape index (κ3) is 2.79. The van der Waals surface area contributed by atoms with E-state index in [2.05, 4.69) is 34.2 Å². The molecule has 4 heteroatoms. The zero-order valence-electron chi connectivity index (χ0n) is 9.53. The molecule has 0 aromatic carbocycles. The summed E-state index contributed by atoms with van der Waals surface area (Å²) in [5.74, 6) is 1.03. The lowest BCUT2D eigenvalue weighted by molar-refractivity contribution is 0.217. The Morgan fingerprint density at radius 1 is 1.67 bits per heavy atom. The normalized spacial score (nSPS) is 25.3. The molecule has 2 N–H and O–H groups in total. The van der Waals surface area contributed by atoms with Crippen molar-refractivity contribution >= 4 is 0 Å². The summed E-state index contributed by atoms with van der Waals surface area (Å²) < 4.78 is 0. The first-order valence-corrected chi connectivity index (χ1v) is 5.69. The molecule has 15 heavy (non-hydrogen) atoms. The molecule has 2 unspecified atom stereocenters. The molecule has 1 saturated heterocycles. The van der Waals surface area contributed by atoms with Gasteiger partial charge in [-0.1, -0.05) is 0 Å². The average molecular weight is 208 g/mol. The van der Waals surface area contributed by atoms with Gasteiger partial charge in [-0.15, -0.1) is 0 Å². The molecule has 0 spiro atoms. The van der Waals surface area contributed by atoms with Gasteiger partial charge in [-0.2, -0.15) is 0 Å². The maximum atomic E-state index is 4.27. The topological polar surface area (TPSA) is 44.0 Å². The van der Waals surface area contributed by atoms with Gasteiger partial charge in [-0.05, 0) is 33.4 Å². The molecule has 1 aliphatic rings. The number of aromatic amines is 1. The van der Waals surface area contributed by atoms with E-state index in [9.17, 15) is 0 Å². The number of aromatic nitrogens is 2. The van der Waals surface area contributed by atoms with Crippen LogP contribution in [0.2, 0.25) is 0 Å². The molecule has 2 atom stereocenters. The zero-order chi connectivity index (χ0) is 10.7. The van der Waals surface area contributed by atoms with Crippen LogP contribution in [-0.2, 0) is 0 Å². The van der Waals surface area contributed by atoms with Crippen LogP contribution < -0.4 is 5.32 Å². The quantitative estimate of drug-likeness (QED) is 0.783. The molecular weight excluding hydrogens is 188 g/mol. The summed E-state index contributed by atoms with van der Waals surface area (Å²) in [6, 6.07) is 0.917. The molecule has 0 bridgehead atoms. The van der Waals surface area contributed by atoms with Gasteiger partial charge >= 0.3 is 0 Å². The number of H-pyrrole nitrogens is 1. The van der Waals surface area contributed by atoms with Crippen LogP contribution in [0.1, 0.15) is 31.6 Å². The van der Waals surface area contributed by atoms with Crippen LogP contribution in [0.5, 0.6) is 0 Å². The molecule has 1 aromatic heterocycles. The van der Waals surface area contributed by atoms with Crippen molar-refractivity contribution in [2.24, 2.45) is 0 Å². The molecule has 2 heterocycles. The van der Waals surface area contributed by atoms with Gasteiger partial charge in [0.1, 0.15) is 5.82 Å². The van der Waals surface area contributed by atoms with E-state index >= 15 is 0 Å². The highest BCUT2D eigenvalue weighted by atomic mass is 15.1. The predicted octanol–water partition coefficient (Wildman–Crippen LogP) is 1.15. The van der Waals surface area contributed by atoms with Gasteiger partial charge in [0.2, 0.25) is 0 Å². The summed E-state index contributed by atoms with van der Waals surface area (Å²) in [6.45, 7) is 4.53. The molecule has 2 rings (SSSR count). The summed E-state index contributed by atoms with van der Waals surface area (Å²) >= 11 is 0. The first-order valence-electron chi connectivity index (χ1n) is 5.69. The van der Waals surface area contributed by atoms with Gasteiger partial charge in [0, 0.05) is 25.0 Å². The van der Waals surface area contributed by atoms with Gasteiger partial charge in [-0.3, -0.25) is 0 Å². The monoisotopic (exact) mass is 208 g/mol. The second kappa shape index (κ2) is 4.77. The van der Waals surface area contributed by atoms with Crippen molar-refractivity contribution in [3.8, 4) is 0 Å². The van der Waals surface area contributed by atoms with Gasteiger partial charge < -0.3 is 15.2 Å². The van der Waals surface area contributed by atoms with Crippen molar-refractivity contribution in [3.05, 3.63) is 18.2 Å². The van der Waals surface area contributed by atoms with Crippen LogP contribution >= 0.6 is 0 Å². The Kier molecular flexibility index (Phi) is 3.38. The molecule has 1 aromatic rings. The van der Waals surface area contributed by atoms with E-state index in [1.165, 1.54) is 19.4 Å². The fourth-order valence-corrected chi connectivity index (χ4v) is 2.25. The average Bonchev–Trinajstić information content (AvgIpc) is 2.70. The minimum atomic E-state index is 0.316. The van der Waals surface area contributed by atoms with Crippen LogP contribution in [-0.4, -0.2) is 41.0 Å². The van der Waals surface area contributed by atoms with E-state index in [1.807, 2.05) is 6.20 Å². The van der Waals surface area contributed by atoms with E-state index in [1.54, 1.807) is 6.20 Å². The Balaban J connectivity index is 1.86. The predicted molar refractivity (Wildman–Crippen MR) is 60.7 cm³/mol. The Hall–Kier alpha value is -0.870. The lowest BCUT2D eigenvalue weighted by Gasteiger charge is -2.31. The number of hydrogen-bond acceptors (Lipinski definition) is 3. The zero-order valence-corrected chi connectivity index (χ0v) is 9.53. The van der Waals surface area contributed by atoms with E-state index in [0.29, 0.717) is 12.1 Å². The van der Waals surface area contributed by atoms with Gasteiger partial charge in [-0.25, -0.2) is 4.98 Å². The third-order valence-corrected chi connectivity index (χ3v) is 3.04. The SMILES string of the molecule is CC(NC1CCCN(C)C1)c1ncc[nH]1. The Morgan fingerprint density at radius 3 is 3.20 bits per heavy atom. The number of nitrogens with zero attached hydrogens (tertiary/aromatic N) is 2. The second-order valence-electron chi connectivity index (χ2n) is 4.46. The standard InChI is InChI=1S/C11H20N4/c1-9(11-12-5-6-13-11)14-10-4-3-7-15(2)8-10/h5-6,9-10,14H,3-4,7-8H2,1-2H3,(H,12,13). The first kappa shape index (κ1) is 10.6. The highest BCUT2D eigenvalue weighted by Crippen LogP contribution is 2.13. The van der Waals surface area contributed by atoms with Gasteiger partial charge in [0.05, 0.1) is 6.04 Å². The molecule has 0 saturated carbocycles. The lowest BCUT2D eigenvalue weighted by Crippen LogP contribution is -2.44. The minimum Gasteiger partial charge on any atom is -0.347 e. The summed E-state index contributed by atoms with van der Waals surface area (Å²) in [5.41, 5.74) is 0. The number of nitrogens with one attached hydrogen (secondary N) is 2. The summed E-state index contributed by atoms with van der Waals surface area (Å²) in [5, 5.41) is 3.62. The number of hydrogen-bond donors (Lipinski definition) is 2. The largest absolute Gasteiger partial charge is 0.347 e. The fraction of sp³-hybridized carbons (Fsp3) is 0.727. The molecule has 0 radical (unpaired) electrons. The number of likely N-dealkylation sites (tertiary alicyclic amines) is 1. The van der Waals surface area contributed by atoms with Crippen molar-refractivity contribution in [1.82, 2.24) is 20.2 Å². The van der Waals surface area contributed by atoms with Gasteiger partial charge in [0.25, 0.3) is 0 Å². The smallest absolute Gasteiger partial charge is 0.122 e. The summed E-state index contributed by atoms with van der Waals surface area (Å²) in [4.78, 5) is 9.80.